The molecule has 0 N–H and O–H groups in total. The van der Waals surface area contributed by atoms with Gasteiger partial charge in [0.1, 0.15) is 5.82 Å². The normalized spacial score (nSPS) is 12.4. The molecule has 0 radical (unpaired) electrons. The average molecular weight is 203 g/mol. The number of aryl methyl sites for hydroxylation is 1. The molecule has 14 heavy (non-hydrogen) atoms. The highest BCUT2D eigenvalue weighted by Gasteiger charge is 2.17. The molecule has 0 aliphatic carbocycles. The van der Waals surface area contributed by atoms with E-state index in [1.165, 1.54) is 25.1 Å². The summed E-state index contributed by atoms with van der Waals surface area (Å²) < 4.78 is 48.6. The van der Waals surface area contributed by atoms with Gasteiger partial charge in [-0.3, -0.25) is 0 Å². The van der Waals surface area contributed by atoms with Gasteiger partial charge in [-0.1, -0.05) is 24.3 Å². The molecule has 0 bridgehead atoms. The smallest absolute Gasteiger partial charge is 0.445 e. The summed E-state index contributed by atoms with van der Waals surface area (Å²) in [6.45, 7) is -3.50. The van der Waals surface area contributed by atoms with E-state index in [9.17, 15) is 17.3 Å². The van der Waals surface area contributed by atoms with Gasteiger partial charge in [-0.2, -0.15) is 0 Å². The molecular weight excluding hydrogens is 195 g/mol. The molecule has 0 saturated heterocycles. The van der Waals surface area contributed by atoms with Crippen molar-refractivity contribution in [2.24, 2.45) is 0 Å². The molecule has 0 atom stereocenters. The van der Waals surface area contributed by atoms with Crippen molar-refractivity contribution in [2.45, 2.75) is 6.92 Å². The van der Waals surface area contributed by atoms with Crippen molar-refractivity contribution >= 4 is 13.1 Å². The van der Waals surface area contributed by atoms with Gasteiger partial charge in [-0.25, -0.2) is 4.39 Å². The van der Waals surface area contributed by atoms with Crippen LogP contribution in [0, 0.1) is 12.7 Å². The van der Waals surface area contributed by atoms with Crippen molar-refractivity contribution < 1.29 is 17.3 Å². The third kappa shape index (κ3) is 2.90. The number of hydrogen-bond donors (Lipinski definition) is 0. The van der Waals surface area contributed by atoms with Crippen LogP contribution in [0.25, 0.3) is 6.08 Å². The van der Waals surface area contributed by atoms with Crippen molar-refractivity contribution in [1.29, 1.82) is 0 Å². The Labute approximate surface area is 79.3 Å². The highest BCUT2D eigenvalue weighted by atomic mass is 19.4. The molecule has 0 aliphatic heterocycles. The summed E-state index contributed by atoms with van der Waals surface area (Å²) in [7, 11) is 0. The fourth-order valence-electron chi connectivity index (χ4n) is 1.01. The summed E-state index contributed by atoms with van der Waals surface area (Å²) in [5.41, 5.74) is 0.297. The first-order valence-electron chi connectivity index (χ1n) is 4.04. The van der Waals surface area contributed by atoms with Crippen molar-refractivity contribution in [2.75, 3.05) is 0 Å². The van der Waals surface area contributed by atoms with Gasteiger partial charge in [0.2, 0.25) is 0 Å². The summed E-state index contributed by atoms with van der Waals surface area (Å²) in [6.07, 6.45) is 0.752. The maximum atomic E-state index is 13.2. The van der Waals surface area contributed by atoms with Crippen LogP contribution in [-0.4, -0.2) is 6.98 Å². The van der Waals surface area contributed by atoms with E-state index in [1.54, 1.807) is 0 Å². The molecule has 1 aromatic rings. The first-order valence-corrected chi connectivity index (χ1v) is 4.04. The Kier molecular flexibility index (Phi) is 2.98. The van der Waals surface area contributed by atoms with Gasteiger partial charge in [0.05, 0.1) is 0 Å². The summed E-state index contributed by atoms with van der Waals surface area (Å²) >= 11 is 0. The Bertz CT molecular complexity index is 354. The van der Waals surface area contributed by atoms with Crippen LogP contribution >= 0.6 is 0 Å². The zero-order valence-corrected chi connectivity index (χ0v) is 7.48. The third-order valence-electron chi connectivity index (χ3n) is 1.72. The first kappa shape index (κ1) is 10.8. The van der Waals surface area contributed by atoms with E-state index >= 15 is 0 Å². The summed E-state index contributed by atoms with van der Waals surface area (Å²) in [6, 6.07) is 4.33. The number of hydrogen-bond acceptors (Lipinski definition) is 0. The molecule has 0 aromatic heterocycles. The monoisotopic (exact) mass is 203 g/mol. The predicted molar refractivity (Wildman–Crippen MR) is 49.2 cm³/mol. The lowest BCUT2D eigenvalue weighted by atomic mass is 9.90. The number of rotatable bonds is 2. The Morgan fingerprint density at radius 2 is 1.86 bits per heavy atom. The second-order valence-electron chi connectivity index (χ2n) is 2.96. The summed E-state index contributed by atoms with van der Waals surface area (Å²) in [4.78, 5) is 0. The van der Waals surface area contributed by atoms with Gasteiger partial charge in [-0.15, -0.1) is 5.98 Å². The van der Waals surface area contributed by atoms with Gasteiger partial charge in [0.25, 0.3) is 0 Å². The highest BCUT2D eigenvalue weighted by Crippen LogP contribution is 2.16. The minimum absolute atomic E-state index is 0.0378. The van der Waals surface area contributed by atoms with E-state index in [-0.39, 0.29) is 11.5 Å². The quantitative estimate of drug-likeness (QED) is 0.509. The lowest BCUT2D eigenvalue weighted by Gasteiger charge is -2.07. The molecule has 5 heteroatoms. The lowest BCUT2D eigenvalue weighted by Crippen LogP contribution is -2.09. The van der Waals surface area contributed by atoms with E-state index in [1.807, 2.05) is 0 Å². The Morgan fingerprint density at radius 1 is 1.21 bits per heavy atom. The van der Waals surface area contributed by atoms with Crippen LogP contribution in [0.1, 0.15) is 11.1 Å². The minimum Gasteiger partial charge on any atom is -0.445 e. The molecule has 0 nitrogen and oxygen atoms in total. The summed E-state index contributed by atoms with van der Waals surface area (Å²) in [5, 5.41) is 0. The molecule has 0 amide bonds. The lowest BCUT2D eigenvalue weighted by molar-refractivity contribution is 0.499. The molecule has 0 saturated carbocycles. The topological polar surface area (TPSA) is 0 Å². The zero-order chi connectivity index (χ0) is 10.8. The van der Waals surface area contributed by atoms with Crippen molar-refractivity contribution in [3.8, 4) is 0 Å². The molecule has 0 heterocycles. The molecule has 1 aromatic carbocycles. The molecular formula is C9H8BF4-. The molecule has 0 spiro atoms. The van der Waals surface area contributed by atoms with Crippen molar-refractivity contribution in [1.82, 2.24) is 0 Å². The van der Waals surface area contributed by atoms with Crippen LogP contribution in [0.3, 0.4) is 0 Å². The number of halogens is 4. The zero-order valence-electron chi connectivity index (χ0n) is 7.48. The van der Waals surface area contributed by atoms with Crippen LogP contribution < -0.4 is 0 Å². The maximum Gasteiger partial charge on any atom is 0.502 e. The van der Waals surface area contributed by atoms with E-state index in [2.05, 4.69) is 0 Å². The molecule has 1 rings (SSSR count). The fourth-order valence-corrected chi connectivity index (χ4v) is 1.01. The van der Waals surface area contributed by atoms with Crippen LogP contribution in [0.15, 0.2) is 24.2 Å². The Hall–Kier alpha value is -1.26. The van der Waals surface area contributed by atoms with Crippen LogP contribution in [0.5, 0.6) is 0 Å². The van der Waals surface area contributed by atoms with Crippen molar-refractivity contribution in [3.05, 3.63) is 41.1 Å². The van der Waals surface area contributed by atoms with E-state index in [4.69, 9.17) is 0 Å². The van der Waals surface area contributed by atoms with Gasteiger partial charge >= 0.3 is 6.98 Å². The van der Waals surface area contributed by atoms with E-state index in [0.717, 1.165) is 6.08 Å². The van der Waals surface area contributed by atoms with Crippen LogP contribution in [0.2, 0.25) is 0 Å². The first-order chi connectivity index (χ1) is 6.40. The van der Waals surface area contributed by atoms with Gasteiger partial charge in [0.15, 0.2) is 0 Å². The molecule has 76 valence electrons. The second-order valence-corrected chi connectivity index (χ2v) is 2.96. The van der Waals surface area contributed by atoms with E-state index < -0.39 is 12.8 Å². The Morgan fingerprint density at radius 3 is 2.43 bits per heavy atom. The fraction of sp³-hybridized carbons (Fsp3) is 0.111. The van der Waals surface area contributed by atoms with Crippen molar-refractivity contribution in [3.63, 3.8) is 0 Å². The van der Waals surface area contributed by atoms with Crippen LogP contribution in [0.4, 0.5) is 17.3 Å². The summed E-state index contributed by atoms with van der Waals surface area (Å²) in [5.74, 6) is -0.526. The standard InChI is InChI=1S/C9H8BF4/c1-7-3-2-4-8(9(7)11)5-6-10(12,13)14/h2-6H,1H3/q-1/b6-5+. The average Bonchev–Trinajstić information content (AvgIpc) is 2.06. The highest BCUT2D eigenvalue weighted by molar-refractivity contribution is 6.64. The maximum absolute atomic E-state index is 13.2. The van der Waals surface area contributed by atoms with Crippen LogP contribution in [-0.2, 0) is 0 Å². The molecule has 0 aliphatic rings. The molecule has 0 unspecified atom stereocenters. The minimum atomic E-state index is -5.00. The van der Waals surface area contributed by atoms with E-state index in [0.29, 0.717) is 5.56 Å². The van der Waals surface area contributed by atoms with Gasteiger partial charge in [-0.05, 0) is 12.5 Å². The Balaban J connectivity index is 2.98. The van der Waals surface area contributed by atoms with Gasteiger partial charge in [0, 0.05) is 5.56 Å². The SMILES string of the molecule is Cc1cccc(/C=C/[B-](F)(F)F)c1F. The third-order valence-corrected chi connectivity index (χ3v) is 1.72. The second kappa shape index (κ2) is 3.86. The van der Waals surface area contributed by atoms with Gasteiger partial charge < -0.3 is 12.9 Å². The molecule has 0 fully saturated rings. The largest absolute Gasteiger partial charge is 0.502 e. The predicted octanol–water partition coefficient (Wildman–Crippen LogP) is 3.53. The number of benzene rings is 1.